The van der Waals surface area contributed by atoms with Crippen molar-refractivity contribution in [3.63, 3.8) is 0 Å². The summed E-state index contributed by atoms with van der Waals surface area (Å²) in [4.78, 5) is 22.8. The normalized spacial score (nSPS) is 11.5. The van der Waals surface area contributed by atoms with E-state index in [-0.39, 0.29) is 16.9 Å². The maximum atomic E-state index is 11.7. The molecule has 6 heteroatoms. The second-order valence-corrected chi connectivity index (χ2v) is 3.86. The van der Waals surface area contributed by atoms with Crippen molar-refractivity contribution in [3.05, 3.63) is 35.9 Å². The zero-order valence-corrected chi connectivity index (χ0v) is 10.5. The summed E-state index contributed by atoms with van der Waals surface area (Å²) in [6.07, 6.45) is -1.12. The monoisotopic (exact) mass is 266 g/mol. The smallest absolute Gasteiger partial charge is 0.344 e. The van der Waals surface area contributed by atoms with E-state index in [1.54, 1.807) is 0 Å². The van der Waals surface area contributed by atoms with Crippen molar-refractivity contribution in [1.82, 2.24) is 0 Å². The van der Waals surface area contributed by atoms with Gasteiger partial charge in [0.15, 0.2) is 0 Å². The summed E-state index contributed by atoms with van der Waals surface area (Å²) >= 11 is 0. The van der Waals surface area contributed by atoms with Crippen molar-refractivity contribution in [2.45, 2.75) is 20.1 Å². The molecule has 0 aromatic heterocycles. The van der Waals surface area contributed by atoms with Crippen molar-refractivity contribution in [2.24, 2.45) is 0 Å². The minimum Gasteiger partial charge on any atom is -0.508 e. The van der Waals surface area contributed by atoms with Crippen LogP contribution in [0.2, 0.25) is 0 Å². The first-order valence-electron chi connectivity index (χ1n) is 5.40. The highest BCUT2D eigenvalue weighted by molar-refractivity contribution is 5.93. The van der Waals surface area contributed by atoms with E-state index >= 15 is 0 Å². The third kappa shape index (κ3) is 4.02. The molecular formula is C13H14O6. The first-order valence-corrected chi connectivity index (χ1v) is 5.40. The van der Waals surface area contributed by atoms with E-state index in [0.29, 0.717) is 0 Å². The number of rotatable bonds is 4. The second kappa shape index (κ2) is 5.90. The van der Waals surface area contributed by atoms with E-state index in [1.165, 1.54) is 26.0 Å². The zero-order chi connectivity index (χ0) is 14.6. The van der Waals surface area contributed by atoms with Gasteiger partial charge in [-0.15, -0.1) is 0 Å². The van der Waals surface area contributed by atoms with Gasteiger partial charge in [0, 0.05) is 18.6 Å². The third-order valence-corrected chi connectivity index (χ3v) is 2.10. The lowest BCUT2D eigenvalue weighted by Gasteiger charge is -2.14. The minimum absolute atomic E-state index is 0.143. The Morgan fingerprint density at radius 2 is 1.89 bits per heavy atom. The van der Waals surface area contributed by atoms with Crippen molar-refractivity contribution in [3.8, 4) is 11.5 Å². The molecule has 0 amide bonds. The van der Waals surface area contributed by atoms with Crippen molar-refractivity contribution >= 4 is 11.9 Å². The molecule has 1 atom stereocenters. The summed E-state index contributed by atoms with van der Waals surface area (Å²) < 4.78 is 9.57. The van der Waals surface area contributed by atoms with Crippen molar-refractivity contribution < 1.29 is 29.3 Å². The van der Waals surface area contributed by atoms with Gasteiger partial charge in [0.1, 0.15) is 17.1 Å². The van der Waals surface area contributed by atoms with Crippen LogP contribution in [0.3, 0.4) is 0 Å². The maximum absolute atomic E-state index is 11.7. The Kier molecular flexibility index (Phi) is 4.52. The number of hydrogen-bond donors (Lipinski definition) is 2. The summed E-state index contributed by atoms with van der Waals surface area (Å²) in [6, 6.07) is 3.42. The molecule has 0 saturated carbocycles. The Balaban J connectivity index is 2.69. The fourth-order valence-corrected chi connectivity index (χ4v) is 1.18. The summed E-state index contributed by atoms with van der Waals surface area (Å²) in [7, 11) is 0. The summed E-state index contributed by atoms with van der Waals surface area (Å²) in [6.45, 7) is 6.20. The number of hydrogen-bond acceptors (Lipinski definition) is 6. The Morgan fingerprint density at radius 1 is 1.26 bits per heavy atom. The Bertz CT molecular complexity index is 520. The predicted molar refractivity (Wildman–Crippen MR) is 65.6 cm³/mol. The molecule has 1 unspecified atom stereocenters. The van der Waals surface area contributed by atoms with Gasteiger partial charge >= 0.3 is 11.9 Å². The number of ether oxygens (including phenoxy) is 2. The van der Waals surface area contributed by atoms with E-state index < -0.39 is 24.0 Å². The summed E-state index contributed by atoms with van der Waals surface area (Å²) in [5, 5.41) is 18.6. The van der Waals surface area contributed by atoms with Gasteiger partial charge in [0.25, 0.3) is 0 Å². The molecule has 19 heavy (non-hydrogen) atoms. The SMILES string of the molecule is C=C(C)C(=O)OC(C)OC(=O)c1ccc(O)cc1O. The maximum Gasteiger partial charge on any atom is 0.344 e. The number of carbonyl (C=O) groups excluding carboxylic acids is 2. The molecule has 0 aliphatic heterocycles. The van der Waals surface area contributed by atoms with Crippen molar-refractivity contribution in [2.75, 3.05) is 0 Å². The third-order valence-electron chi connectivity index (χ3n) is 2.10. The van der Waals surface area contributed by atoms with Crippen LogP contribution in [0.4, 0.5) is 0 Å². The quantitative estimate of drug-likeness (QED) is 0.489. The predicted octanol–water partition coefficient (Wildman–Crippen LogP) is 1.72. The molecule has 0 saturated heterocycles. The van der Waals surface area contributed by atoms with Crippen LogP contribution in [0, 0.1) is 0 Å². The van der Waals surface area contributed by atoms with E-state index in [0.717, 1.165) is 6.07 Å². The van der Waals surface area contributed by atoms with E-state index in [2.05, 4.69) is 6.58 Å². The van der Waals surface area contributed by atoms with Gasteiger partial charge in [-0.25, -0.2) is 9.59 Å². The molecule has 1 aromatic rings. The number of esters is 2. The molecule has 0 spiro atoms. The molecule has 1 rings (SSSR count). The molecule has 0 aliphatic carbocycles. The largest absolute Gasteiger partial charge is 0.508 e. The van der Waals surface area contributed by atoms with Gasteiger partial charge < -0.3 is 19.7 Å². The van der Waals surface area contributed by atoms with Crippen LogP contribution in [0.1, 0.15) is 24.2 Å². The first kappa shape index (κ1) is 14.6. The molecule has 0 bridgehead atoms. The van der Waals surface area contributed by atoms with Gasteiger partial charge in [-0.3, -0.25) is 0 Å². The van der Waals surface area contributed by atoms with Crippen LogP contribution >= 0.6 is 0 Å². The van der Waals surface area contributed by atoms with Crippen LogP contribution in [0.15, 0.2) is 30.4 Å². The molecule has 2 N–H and O–H groups in total. The van der Waals surface area contributed by atoms with E-state index in [4.69, 9.17) is 14.6 Å². The molecule has 0 fully saturated rings. The van der Waals surface area contributed by atoms with E-state index in [1.807, 2.05) is 0 Å². The molecule has 6 nitrogen and oxygen atoms in total. The highest BCUT2D eigenvalue weighted by Gasteiger charge is 2.18. The summed E-state index contributed by atoms with van der Waals surface area (Å²) in [5.74, 6) is -2.17. The lowest BCUT2D eigenvalue weighted by atomic mass is 10.2. The van der Waals surface area contributed by atoms with Crippen LogP contribution in [0.25, 0.3) is 0 Å². The highest BCUT2D eigenvalue weighted by atomic mass is 16.7. The average molecular weight is 266 g/mol. The van der Waals surface area contributed by atoms with E-state index in [9.17, 15) is 14.7 Å². The van der Waals surface area contributed by atoms with Gasteiger partial charge in [0.2, 0.25) is 6.29 Å². The van der Waals surface area contributed by atoms with Gasteiger partial charge in [0.05, 0.1) is 0 Å². The number of carbonyl (C=O) groups is 2. The molecule has 1 aromatic carbocycles. The number of aromatic hydroxyl groups is 2. The van der Waals surface area contributed by atoms with Gasteiger partial charge in [-0.1, -0.05) is 6.58 Å². The standard InChI is InChI=1S/C13H14O6/c1-7(2)12(16)18-8(3)19-13(17)10-5-4-9(14)6-11(10)15/h4-6,8,14-15H,1H2,2-3H3. The van der Waals surface area contributed by atoms with Crippen LogP contribution in [-0.2, 0) is 14.3 Å². The fraction of sp³-hybridized carbons (Fsp3) is 0.231. The lowest BCUT2D eigenvalue weighted by Crippen LogP contribution is -2.22. The topological polar surface area (TPSA) is 93.1 Å². The molecular weight excluding hydrogens is 252 g/mol. The van der Waals surface area contributed by atoms with Crippen LogP contribution in [-0.4, -0.2) is 28.4 Å². The fourth-order valence-electron chi connectivity index (χ4n) is 1.18. The molecule has 0 heterocycles. The summed E-state index contributed by atoms with van der Waals surface area (Å²) in [5.41, 5.74) is 0.0337. The van der Waals surface area contributed by atoms with Crippen LogP contribution < -0.4 is 0 Å². The van der Waals surface area contributed by atoms with Gasteiger partial charge in [-0.2, -0.15) is 0 Å². The highest BCUT2D eigenvalue weighted by Crippen LogP contribution is 2.23. The first-order chi connectivity index (χ1) is 8.81. The van der Waals surface area contributed by atoms with Crippen molar-refractivity contribution in [1.29, 1.82) is 0 Å². The molecule has 0 aliphatic rings. The van der Waals surface area contributed by atoms with Crippen LogP contribution in [0.5, 0.6) is 11.5 Å². The lowest BCUT2D eigenvalue weighted by molar-refractivity contribution is -0.160. The molecule has 102 valence electrons. The number of phenols is 2. The average Bonchev–Trinajstić information content (AvgIpc) is 2.27. The molecule has 0 radical (unpaired) electrons. The Labute approximate surface area is 109 Å². The second-order valence-electron chi connectivity index (χ2n) is 3.86. The minimum atomic E-state index is -1.12. The Hall–Kier alpha value is -2.50. The van der Waals surface area contributed by atoms with Gasteiger partial charge in [-0.05, 0) is 19.1 Å². The number of benzene rings is 1. The Morgan fingerprint density at radius 3 is 2.42 bits per heavy atom. The zero-order valence-electron chi connectivity index (χ0n) is 10.5. The number of phenolic OH excluding ortho intramolecular Hbond substituents is 2.